The lowest BCUT2D eigenvalue weighted by atomic mass is 9.73. The molecule has 0 spiro atoms. The van der Waals surface area contributed by atoms with Crippen molar-refractivity contribution >= 4 is 44.6 Å². The fraction of sp³-hybridized carbons (Fsp3) is 0.321. The zero-order valence-corrected chi connectivity index (χ0v) is 52.5. The first kappa shape index (κ1) is 56.9. The summed E-state index contributed by atoms with van der Waals surface area (Å²) in [5.74, 6) is 3.03. The fourth-order valence-electron chi connectivity index (χ4n) is 12.4. The summed E-state index contributed by atoms with van der Waals surface area (Å²) in [6.07, 6.45) is 1.96. The summed E-state index contributed by atoms with van der Waals surface area (Å²) in [7, 11) is 0. The molecule has 8 aromatic carbocycles. The Balaban J connectivity index is 1.12. The van der Waals surface area contributed by atoms with Crippen LogP contribution in [0, 0.1) is 0 Å². The zero-order chi connectivity index (χ0) is 59.1. The average Bonchev–Trinajstić information content (AvgIpc) is 2.02. The molecular formula is C78H86N4O. The van der Waals surface area contributed by atoms with Crippen molar-refractivity contribution in [3.05, 3.63) is 238 Å². The Hall–Kier alpha value is -7.89. The second kappa shape index (κ2) is 21.1. The monoisotopic (exact) mass is 1090 g/mol. The van der Waals surface area contributed by atoms with Crippen LogP contribution in [-0.2, 0) is 27.1 Å². The summed E-state index contributed by atoms with van der Waals surface area (Å²) < 4.78 is 9.72. The maximum absolute atomic E-state index is 7.39. The van der Waals surface area contributed by atoms with Crippen LogP contribution in [0.1, 0.15) is 180 Å². The number of benzene rings is 8. The molecule has 0 bridgehead atoms. The van der Waals surface area contributed by atoms with Crippen LogP contribution in [0.25, 0.3) is 38.8 Å². The van der Waals surface area contributed by atoms with Crippen LogP contribution >= 0.6 is 0 Å². The van der Waals surface area contributed by atoms with Crippen molar-refractivity contribution in [3.63, 3.8) is 0 Å². The normalized spacial score (nSPS) is 13.5. The van der Waals surface area contributed by atoms with Gasteiger partial charge in [0.15, 0.2) is 0 Å². The molecule has 0 fully saturated rings. The first-order valence-electron chi connectivity index (χ1n) is 30.2. The van der Waals surface area contributed by atoms with Crippen LogP contribution in [0.2, 0.25) is 0 Å². The fourth-order valence-corrected chi connectivity index (χ4v) is 12.4. The molecule has 11 rings (SSSR count). The summed E-state index contributed by atoms with van der Waals surface area (Å²) in [5.41, 5.74) is 20.1. The zero-order valence-electron chi connectivity index (χ0n) is 52.5. The third kappa shape index (κ3) is 10.8. The Morgan fingerprint density at radius 2 is 0.940 bits per heavy atom. The van der Waals surface area contributed by atoms with Gasteiger partial charge in [-0.15, -0.1) is 0 Å². The van der Waals surface area contributed by atoms with E-state index >= 15 is 0 Å². The first-order valence-corrected chi connectivity index (χ1v) is 30.2. The van der Waals surface area contributed by atoms with Crippen molar-refractivity contribution in [1.29, 1.82) is 0 Å². The van der Waals surface area contributed by atoms with Crippen molar-refractivity contribution in [2.24, 2.45) is 0 Å². The van der Waals surface area contributed by atoms with E-state index in [-0.39, 0.29) is 27.1 Å². The van der Waals surface area contributed by atoms with Gasteiger partial charge in [-0.25, -0.2) is 4.98 Å². The van der Waals surface area contributed by atoms with Gasteiger partial charge in [0.1, 0.15) is 24.0 Å². The van der Waals surface area contributed by atoms with Gasteiger partial charge >= 0.3 is 0 Å². The highest BCUT2D eigenvalue weighted by Gasteiger charge is 2.35. The Morgan fingerprint density at radius 1 is 0.398 bits per heavy atom. The van der Waals surface area contributed by atoms with E-state index in [9.17, 15) is 0 Å². The minimum atomic E-state index is -0.282. The molecule has 0 radical (unpaired) electrons. The summed E-state index contributed by atoms with van der Waals surface area (Å²) in [6.45, 7) is 40.0. The number of aromatic nitrogens is 2. The largest absolute Gasteiger partial charge is 0.457 e. The molecule has 2 aromatic heterocycles. The minimum absolute atomic E-state index is 0.0187. The molecule has 1 aliphatic rings. The smallest absolute Gasteiger partial charge is 0.137 e. The Bertz CT molecular complexity index is 3950. The summed E-state index contributed by atoms with van der Waals surface area (Å²) in [5, 5.41) is 2.37. The predicted molar refractivity (Wildman–Crippen MR) is 354 cm³/mol. The van der Waals surface area contributed by atoms with Crippen LogP contribution in [0.4, 0.5) is 22.7 Å². The molecule has 3 heterocycles. The van der Waals surface area contributed by atoms with Gasteiger partial charge in [0.2, 0.25) is 0 Å². The number of pyridine rings is 1. The van der Waals surface area contributed by atoms with E-state index in [0.717, 1.165) is 39.6 Å². The molecule has 0 saturated carbocycles. The molecule has 0 aliphatic carbocycles. The molecule has 5 heteroatoms. The number of anilines is 4. The molecule has 83 heavy (non-hydrogen) atoms. The van der Waals surface area contributed by atoms with Crippen molar-refractivity contribution in [2.45, 2.75) is 157 Å². The maximum atomic E-state index is 7.39. The van der Waals surface area contributed by atoms with Crippen LogP contribution in [0.5, 0.6) is 11.5 Å². The first-order chi connectivity index (χ1) is 39.2. The van der Waals surface area contributed by atoms with Gasteiger partial charge < -0.3 is 14.5 Å². The second-order valence-electron chi connectivity index (χ2n) is 28.3. The SMILES string of the molecule is CC(C)c1cccc(C(C)C)c1-c1cc(Oc2ccc3c4cc(C(C)(C)C)ccc4n(-c4cc(C(C)(C)C)ccn4)c3c2)cc(N2CN(c3cc(C(C)(C)c4ccccc4)cc(C(C)(C)c4ccccc4)c3)c3ccc(C(C)(C)C)cc32)c1. The predicted octanol–water partition coefficient (Wildman–Crippen LogP) is 21.7. The van der Waals surface area contributed by atoms with Gasteiger partial charge in [-0.3, -0.25) is 4.57 Å². The number of ether oxygens (including phenoxy) is 1. The van der Waals surface area contributed by atoms with Crippen molar-refractivity contribution in [1.82, 2.24) is 9.55 Å². The molecule has 0 N–H and O–H groups in total. The van der Waals surface area contributed by atoms with Gasteiger partial charge in [0.25, 0.3) is 0 Å². The van der Waals surface area contributed by atoms with Crippen molar-refractivity contribution in [2.75, 3.05) is 16.5 Å². The van der Waals surface area contributed by atoms with E-state index in [1.54, 1.807) is 0 Å². The topological polar surface area (TPSA) is 33.5 Å². The molecule has 0 unspecified atom stereocenters. The van der Waals surface area contributed by atoms with Crippen LogP contribution in [0.15, 0.2) is 188 Å². The van der Waals surface area contributed by atoms with E-state index in [2.05, 4.69) is 314 Å². The lowest BCUT2D eigenvalue weighted by molar-refractivity contribution is 0.483. The van der Waals surface area contributed by atoms with Crippen LogP contribution in [-0.4, -0.2) is 16.2 Å². The number of rotatable bonds is 12. The molecule has 5 nitrogen and oxygen atoms in total. The summed E-state index contributed by atoms with van der Waals surface area (Å²) in [6, 6.07) is 68.3. The molecule has 1 aliphatic heterocycles. The number of hydrogen-bond donors (Lipinski definition) is 0. The highest BCUT2D eigenvalue weighted by molar-refractivity contribution is 6.10. The van der Waals surface area contributed by atoms with Gasteiger partial charge in [-0.05, 0) is 162 Å². The second-order valence-corrected chi connectivity index (χ2v) is 28.3. The highest BCUT2D eigenvalue weighted by Crippen LogP contribution is 2.51. The van der Waals surface area contributed by atoms with Gasteiger partial charge in [-0.2, -0.15) is 0 Å². The molecule has 0 atom stereocenters. The van der Waals surface area contributed by atoms with Crippen molar-refractivity contribution in [3.8, 4) is 28.4 Å². The number of nitrogens with zero attached hydrogens (tertiary/aromatic N) is 4. The number of fused-ring (bicyclic) bond motifs is 4. The van der Waals surface area contributed by atoms with Gasteiger partial charge in [0.05, 0.1) is 22.4 Å². The average molecular weight is 1100 g/mol. The molecule has 0 amide bonds. The third-order valence-corrected chi connectivity index (χ3v) is 17.9. The maximum Gasteiger partial charge on any atom is 0.137 e. The lowest BCUT2D eigenvalue weighted by Crippen LogP contribution is -2.27. The Kier molecular flexibility index (Phi) is 14.5. The summed E-state index contributed by atoms with van der Waals surface area (Å²) in [4.78, 5) is 10.1. The molecule has 0 saturated heterocycles. The van der Waals surface area contributed by atoms with E-state index in [0.29, 0.717) is 18.5 Å². The van der Waals surface area contributed by atoms with E-state index < -0.39 is 0 Å². The quantitative estimate of drug-likeness (QED) is 0.122. The third-order valence-electron chi connectivity index (χ3n) is 17.9. The van der Waals surface area contributed by atoms with Gasteiger partial charge in [0, 0.05) is 51.3 Å². The van der Waals surface area contributed by atoms with Crippen LogP contribution < -0.4 is 14.5 Å². The van der Waals surface area contributed by atoms with E-state index in [1.165, 1.54) is 83.5 Å². The molecule has 424 valence electrons. The Labute approximate surface area is 496 Å². The minimum Gasteiger partial charge on any atom is -0.457 e. The lowest BCUT2D eigenvalue weighted by Gasteiger charge is -2.33. The number of hydrogen-bond acceptors (Lipinski definition) is 4. The highest BCUT2D eigenvalue weighted by atomic mass is 16.5. The molecular weight excluding hydrogens is 1010 g/mol. The standard InChI is InChI=1S/C78H86N4O/c1-50(2)64-29-24-30-65(51(3)4)73(64)52-39-60(47-63(40-52)83-62-33-34-66-67-44-55(74(5,6)7)31-35-68(67)82(70(66)48-62)72-46-57(37-38-79-72)76(11,12)13)81-49-80(69-36-32-56(45-71(69)81)75(8,9)10)61-42-58(77(14,15)53-25-20-18-21-26-53)41-59(43-61)78(16,17)54-27-22-19-23-28-54/h18-48,50-51H,49H2,1-17H3. The Morgan fingerprint density at radius 3 is 1.52 bits per heavy atom. The van der Waals surface area contributed by atoms with E-state index in [1.807, 2.05) is 6.20 Å². The van der Waals surface area contributed by atoms with Crippen molar-refractivity contribution < 1.29 is 4.74 Å². The van der Waals surface area contributed by atoms with Crippen LogP contribution in [0.3, 0.4) is 0 Å². The summed E-state index contributed by atoms with van der Waals surface area (Å²) >= 11 is 0. The van der Waals surface area contributed by atoms with Gasteiger partial charge in [-0.1, -0.05) is 215 Å². The molecule has 10 aromatic rings. The van der Waals surface area contributed by atoms with E-state index in [4.69, 9.17) is 9.72 Å².